The Balaban J connectivity index is 2.00. The van der Waals surface area contributed by atoms with Crippen LogP contribution in [-0.2, 0) is 4.79 Å². The summed E-state index contributed by atoms with van der Waals surface area (Å²) in [4.78, 5) is 13.1. The van der Waals surface area contributed by atoms with Gasteiger partial charge in [0.15, 0.2) is 5.11 Å². The number of hydrogen-bond donors (Lipinski definition) is 3. The summed E-state index contributed by atoms with van der Waals surface area (Å²) in [5, 5.41) is 9.59. The summed E-state index contributed by atoms with van der Waals surface area (Å²) in [5.41, 5.74) is 2.63. The fourth-order valence-electron chi connectivity index (χ4n) is 3.07. The number of hydrogen-bond acceptors (Lipinski definition) is 4. The first-order valence-electron chi connectivity index (χ1n) is 8.40. The highest BCUT2D eigenvalue weighted by Crippen LogP contribution is 2.34. The number of rotatable bonds is 5. The number of methoxy groups -OCH3 is 2. The van der Waals surface area contributed by atoms with Gasteiger partial charge < -0.3 is 25.4 Å². The van der Waals surface area contributed by atoms with Gasteiger partial charge in [-0.2, -0.15) is 0 Å². The number of thiocarbonyl (C=S) groups is 1. The molecule has 0 spiro atoms. The van der Waals surface area contributed by atoms with E-state index in [0.717, 1.165) is 5.56 Å². The van der Waals surface area contributed by atoms with E-state index in [1.165, 1.54) is 0 Å². The van der Waals surface area contributed by atoms with Gasteiger partial charge in [0.25, 0.3) is 5.91 Å². The zero-order valence-electron chi connectivity index (χ0n) is 15.3. The Labute approximate surface area is 163 Å². The highest BCUT2D eigenvalue weighted by atomic mass is 32.1. The Hall–Kier alpha value is -3.06. The summed E-state index contributed by atoms with van der Waals surface area (Å²) >= 11 is 5.30. The Bertz CT molecular complexity index is 911. The van der Waals surface area contributed by atoms with Crippen molar-refractivity contribution in [3.63, 3.8) is 0 Å². The van der Waals surface area contributed by atoms with Gasteiger partial charge in [0, 0.05) is 11.3 Å². The van der Waals surface area contributed by atoms with Gasteiger partial charge in [-0.05, 0) is 37.3 Å². The average Bonchev–Trinajstić information content (AvgIpc) is 2.67. The molecule has 27 heavy (non-hydrogen) atoms. The van der Waals surface area contributed by atoms with Gasteiger partial charge in [-0.1, -0.05) is 30.3 Å². The number of benzene rings is 2. The molecule has 0 fully saturated rings. The summed E-state index contributed by atoms with van der Waals surface area (Å²) < 4.78 is 10.8. The minimum Gasteiger partial charge on any atom is -0.496 e. The predicted molar refractivity (Wildman–Crippen MR) is 109 cm³/mol. The lowest BCUT2D eigenvalue weighted by Crippen LogP contribution is -2.45. The van der Waals surface area contributed by atoms with Crippen LogP contribution in [0.4, 0.5) is 5.69 Å². The van der Waals surface area contributed by atoms with Crippen LogP contribution in [0.2, 0.25) is 0 Å². The monoisotopic (exact) mass is 383 g/mol. The Morgan fingerprint density at radius 3 is 2.37 bits per heavy atom. The van der Waals surface area contributed by atoms with Gasteiger partial charge in [-0.3, -0.25) is 4.79 Å². The van der Waals surface area contributed by atoms with E-state index in [1.807, 2.05) is 43.3 Å². The highest BCUT2D eigenvalue weighted by molar-refractivity contribution is 7.80. The number of nitrogens with one attached hydrogen (secondary N) is 3. The molecule has 0 saturated carbocycles. The van der Waals surface area contributed by atoms with E-state index < -0.39 is 6.04 Å². The van der Waals surface area contributed by atoms with Crippen LogP contribution >= 0.6 is 12.2 Å². The molecule has 0 aliphatic carbocycles. The van der Waals surface area contributed by atoms with Gasteiger partial charge in [-0.15, -0.1) is 0 Å². The maximum absolute atomic E-state index is 13.1. The minimum atomic E-state index is -0.440. The van der Waals surface area contributed by atoms with E-state index in [2.05, 4.69) is 16.0 Å². The molecular formula is C20H21N3O3S. The third-order valence-corrected chi connectivity index (χ3v) is 4.54. The van der Waals surface area contributed by atoms with Crippen molar-refractivity contribution in [1.29, 1.82) is 0 Å². The van der Waals surface area contributed by atoms with Crippen molar-refractivity contribution in [1.82, 2.24) is 10.6 Å². The van der Waals surface area contributed by atoms with Crippen LogP contribution in [0.25, 0.3) is 0 Å². The second kappa shape index (κ2) is 8.09. The zero-order chi connectivity index (χ0) is 19.4. The van der Waals surface area contributed by atoms with Crippen LogP contribution in [-0.4, -0.2) is 25.2 Å². The van der Waals surface area contributed by atoms with Crippen LogP contribution in [0.15, 0.2) is 59.8 Å². The number of amides is 1. The molecule has 1 aliphatic heterocycles. The first kappa shape index (κ1) is 18.7. The fraction of sp³-hybridized carbons (Fsp3) is 0.200. The number of carbonyl (C=O) groups excluding carboxylic acids is 1. The quantitative estimate of drug-likeness (QED) is 0.689. The van der Waals surface area contributed by atoms with Gasteiger partial charge in [-0.25, -0.2) is 0 Å². The molecule has 0 radical (unpaired) electrons. The molecule has 1 atom stereocenters. The van der Waals surface area contributed by atoms with E-state index >= 15 is 0 Å². The molecule has 2 aromatic carbocycles. The lowest BCUT2D eigenvalue weighted by Gasteiger charge is -2.31. The molecule has 7 heteroatoms. The van der Waals surface area contributed by atoms with Gasteiger partial charge in [0.1, 0.15) is 11.5 Å². The van der Waals surface area contributed by atoms with Crippen molar-refractivity contribution in [3.05, 3.63) is 65.4 Å². The Morgan fingerprint density at radius 2 is 1.67 bits per heavy atom. The van der Waals surface area contributed by atoms with Gasteiger partial charge >= 0.3 is 0 Å². The highest BCUT2D eigenvalue weighted by Gasteiger charge is 2.31. The molecule has 3 rings (SSSR count). The topological polar surface area (TPSA) is 71.6 Å². The third-order valence-electron chi connectivity index (χ3n) is 4.32. The lowest BCUT2D eigenvalue weighted by molar-refractivity contribution is -0.113. The Morgan fingerprint density at radius 1 is 1.04 bits per heavy atom. The van der Waals surface area contributed by atoms with E-state index in [9.17, 15) is 4.79 Å². The summed E-state index contributed by atoms with van der Waals surface area (Å²) in [6.07, 6.45) is 0. The fourth-order valence-corrected chi connectivity index (χ4v) is 3.34. The SMILES string of the molecule is COc1ccccc1NC(=O)C1=C(C)NC(=S)NC1c1ccccc1OC. The number of allylic oxidation sites excluding steroid dienone is 1. The minimum absolute atomic E-state index is 0.254. The molecule has 6 nitrogen and oxygen atoms in total. The van der Waals surface area contributed by atoms with E-state index in [0.29, 0.717) is 33.6 Å². The van der Waals surface area contributed by atoms with Crippen LogP contribution in [0.1, 0.15) is 18.5 Å². The van der Waals surface area contributed by atoms with E-state index in [1.54, 1.807) is 26.4 Å². The molecule has 1 amide bonds. The molecule has 1 unspecified atom stereocenters. The standard InChI is InChI=1S/C20H21N3O3S/c1-12-17(19(24)22-14-9-5-7-11-16(14)26-3)18(23-20(27)21-12)13-8-4-6-10-15(13)25-2/h4-11,18H,1-3H3,(H,22,24)(H2,21,23,27). The van der Waals surface area contributed by atoms with Crippen molar-refractivity contribution in [2.24, 2.45) is 0 Å². The van der Waals surface area contributed by atoms with Gasteiger partial charge in [0.2, 0.25) is 0 Å². The first-order valence-corrected chi connectivity index (χ1v) is 8.81. The van der Waals surface area contributed by atoms with E-state index in [-0.39, 0.29) is 5.91 Å². The second-order valence-corrected chi connectivity index (χ2v) is 6.37. The van der Waals surface area contributed by atoms with E-state index in [4.69, 9.17) is 21.7 Å². The summed E-state index contributed by atoms with van der Waals surface area (Å²) in [5.74, 6) is 1.01. The van der Waals surface area contributed by atoms with Gasteiger partial charge in [0.05, 0.1) is 31.5 Å². The van der Waals surface area contributed by atoms with Crippen LogP contribution < -0.4 is 25.4 Å². The maximum atomic E-state index is 13.1. The largest absolute Gasteiger partial charge is 0.496 e. The smallest absolute Gasteiger partial charge is 0.255 e. The molecule has 3 N–H and O–H groups in total. The molecular weight excluding hydrogens is 362 g/mol. The van der Waals surface area contributed by atoms with Crippen molar-refractivity contribution in [2.75, 3.05) is 19.5 Å². The number of para-hydroxylation sites is 3. The van der Waals surface area contributed by atoms with Crippen molar-refractivity contribution in [2.45, 2.75) is 13.0 Å². The molecule has 1 heterocycles. The summed E-state index contributed by atoms with van der Waals surface area (Å²) in [6.45, 7) is 1.83. The number of carbonyl (C=O) groups is 1. The normalized spacial score (nSPS) is 16.3. The predicted octanol–water partition coefficient (Wildman–Crippen LogP) is 3.14. The first-order chi connectivity index (χ1) is 13.0. The second-order valence-electron chi connectivity index (χ2n) is 5.97. The third kappa shape index (κ3) is 3.88. The molecule has 0 bridgehead atoms. The van der Waals surface area contributed by atoms with Crippen LogP contribution in [0.5, 0.6) is 11.5 Å². The molecule has 0 aromatic heterocycles. The van der Waals surface area contributed by atoms with Crippen molar-refractivity contribution in [3.8, 4) is 11.5 Å². The van der Waals surface area contributed by atoms with Crippen molar-refractivity contribution < 1.29 is 14.3 Å². The van der Waals surface area contributed by atoms with Crippen molar-refractivity contribution >= 4 is 28.9 Å². The molecule has 140 valence electrons. The lowest BCUT2D eigenvalue weighted by atomic mass is 9.94. The van der Waals surface area contributed by atoms with Crippen LogP contribution in [0, 0.1) is 0 Å². The average molecular weight is 383 g/mol. The summed E-state index contributed by atoms with van der Waals surface area (Å²) in [7, 11) is 3.17. The summed E-state index contributed by atoms with van der Waals surface area (Å²) in [6, 6.07) is 14.4. The Kier molecular flexibility index (Phi) is 5.61. The maximum Gasteiger partial charge on any atom is 0.255 e. The number of ether oxygens (including phenoxy) is 2. The molecule has 0 saturated heterocycles. The zero-order valence-corrected chi connectivity index (χ0v) is 16.1. The number of anilines is 1. The molecule has 2 aromatic rings. The van der Waals surface area contributed by atoms with Crippen LogP contribution in [0.3, 0.4) is 0 Å². The molecule has 1 aliphatic rings.